The van der Waals surface area contributed by atoms with Crippen molar-refractivity contribution in [2.24, 2.45) is 5.73 Å². The van der Waals surface area contributed by atoms with E-state index in [1.807, 2.05) is 0 Å². The first-order valence-corrected chi connectivity index (χ1v) is 3.81. The van der Waals surface area contributed by atoms with Gasteiger partial charge in [-0.15, -0.1) is 0 Å². The lowest BCUT2D eigenvalue weighted by Crippen LogP contribution is -2.14. The number of phenols is 1. The molecule has 0 heterocycles. The zero-order valence-corrected chi connectivity index (χ0v) is 7.37. The lowest BCUT2D eigenvalue weighted by molar-refractivity contribution is 0.184. The van der Waals surface area contributed by atoms with Crippen LogP contribution in [0.5, 0.6) is 5.75 Å². The first-order chi connectivity index (χ1) is 6.16. The number of phenolic OH excluding ortho intramolecular Hbond substituents is 1. The van der Waals surface area contributed by atoms with Crippen LogP contribution in [0.1, 0.15) is 11.1 Å². The summed E-state index contributed by atoms with van der Waals surface area (Å²) < 4.78 is 4.91. The molecule has 0 saturated carbocycles. The molecule has 0 spiro atoms. The third-order valence-electron chi connectivity index (χ3n) is 1.70. The largest absolute Gasteiger partial charge is 0.507 e. The molecule has 0 amide bonds. The van der Waals surface area contributed by atoms with Crippen molar-refractivity contribution < 1.29 is 9.84 Å². The van der Waals surface area contributed by atoms with Crippen molar-refractivity contribution in [1.82, 2.24) is 0 Å². The molecule has 0 aliphatic heterocycles. The van der Waals surface area contributed by atoms with E-state index in [9.17, 15) is 5.11 Å². The number of hydrogen-bond donors (Lipinski definition) is 3. The fraction of sp³-hybridized carbons (Fsp3) is 0.222. The fourth-order valence-electron chi connectivity index (χ4n) is 1.17. The van der Waals surface area contributed by atoms with E-state index in [1.165, 1.54) is 6.07 Å². The Kier molecular flexibility index (Phi) is 2.87. The highest BCUT2D eigenvalue weighted by Crippen LogP contribution is 2.20. The highest BCUT2D eigenvalue weighted by Gasteiger charge is 2.09. The Labute approximate surface area is 76.5 Å². The van der Waals surface area contributed by atoms with Gasteiger partial charge in [-0.25, -0.2) is 0 Å². The summed E-state index contributed by atoms with van der Waals surface area (Å²) in [7, 11) is 1.55. The molecule has 1 aromatic rings. The molecule has 1 aromatic carbocycles. The molecule has 0 unspecified atom stereocenters. The zero-order valence-electron chi connectivity index (χ0n) is 7.37. The Bertz CT molecular complexity index is 323. The molecule has 4 heteroatoms. The molecule has 0 atom stereocenters. The second-order valence-corrected chi connectivity index (χ2v) is 2.66. The lowest BCUT2D eigenvalue weighted by atomic mass is 10.1. The Hall–Kier alpha value is -1.55. The van der Waals surface area contributed by atoms with Crippen molar-refractivity contribution in [2.45, 2.75) is 6.61 Å². The molecule has 0 saturated heterocycles. The Morgan fingerprint density at radius 3 is 2.85 bits per heavy atom. The van der Waals surface area contributed by atoms with Gasteiger partial charge in [0.2, 0.25) is 0 Å². The minimum atomic E-state index is -0.148. The van der Waals surface area contributed by atoms with E-state index in [0.29, 0.717) is 12.2 Å². The van der Waals surface area contributed by atoms with Gasteiger partial charge in [0.1, 0.15) is 11.6 Å². The summed E-state index contributed by atoms with van der Waals surface area (Å²) >= 11 is 0. The average molecular weight is 180 g/mol. The molecular weight excluding hydrogens is 168 g/mol. The number of nitrogens with two attached hydrogens (primary N) is 1. The Balaban J connectivity index is 3.17. The average Bonchev–Trinajstić information content (AvgIpc) is 2.04. The number of amidine groups is 1. The third kappa shape index (κ3) is 1.97. The summed E-state index contributed by atoms with van der Waals surface area (Å²) in [6.07, 6.45) is 0. The predicted molar refractivity (Wildman–Crippen MR) is 49.8 cm³/mol. The van der Waals surface area contributed by atoms with Crippen LogP contribution in [0.25, 0.3) is 0 Å². The van der Waals surface area contributed by atoms with Gasteiger partial charge in [0.05, 0.1) is 12.2 Å². The van der Waals surface area contributed by atoms with Crippen molar-refractivity contribution in [1.29, 1.82) is 5.41 Å². The van der Waals surface area contributed by atoms with Gasteiger partial charge in [0.15, 0.2) is 0 Å². The number of hydrogen-bond acceptors (Lipinski definition) is 3. The zero-order chi connectivity index (χ0) is 9.84. The normalized spacial score (nSPS) is 9.92. The first-order valence-electron chi connectivity index (χ1n) is 3.81. The van der Waals surface area contributed by atoms with Crippen molar-refractivity contribution in [3.05, 3.63) is 29.3 Å². The number of benzene rings is 1. The van der Waals surface area contributed by atoms with Crippen LogP contribution >= 0.6 is 0 Å². The van der Waals surface area contributed by atoms with E-state index in [0.717, 1.165) is 5.56 Å². The number of ether oxygens (including phenoxy) is 1. The van der Waals surface area contributed by atoms with Crippen LogP contribution in [0, 0.1) is 5.41 Å². The van der Waals surface area contributed by atoms with Crippen molar-refractivity contribution in [3.8, 4) is 5.75 Å². The molecule has 4 N–H and O–H groups in total. The van der Waals surface area contributed by atoms with Crippen LogP contribution < -0.4 is 5.73 Å². The summed E-state index contributed by atoms with van der Waals surface area (Å²) in [5, 5.41) is 16.7. The van der Waals surface area contributed by atoms with Crippen LogP contribution in [0.15, 0.2) is 18.2 Å². The van der Waals surface area contributed by atoms with Gasteiger partial charge in [-0.05, 0) is 11.6 Å². The van der Waals surface area contributed by atoms with Crippen LogP contribution in [0.2, 0.25) is 0 Å². The number of methoxy groups -OCH3 is 1. The number of aromatic hydroxyl groups is 1. The van der Waals surface area contributed by atoms with Crippen LogP contribution in [-0.4, -0.2) is 18.1 Å². The second kappa shape index (κ2) is 3.91. The van der Waals surface area contributed by atoms with Crippen LogP contribution in [-0.2, 0) is 11.3 Å². The van der Waals surface area contributed by atoms with E-state index in [1.54, 1.807) is 19.2 Å². The summed E-state index contributed by atoms with van der Waals surface area (Å²) in [6.45, 7) is 0.337. The van der Waals surface area contributed by atoms with E-state index >= 15 is 0 Å². The number of rotatable bonds is 3. The van der Waals surface area contributed by atoms with Crippen molar-refractivity contribution in [3.63, 3.8) is 0 Å². The van der Waals surface area contributed by atoms with E-state index in [-0.39, 0.29) is 11.6 Å². The van der Waals surface area contributed by atoms with Gasteiger partial charge >= 0.3 is 0 Å². The van der Waals surface area contributed by atoms with Gasteiger partial charge in [-0.1, -0.05) is 12.1 Å². The minimum Gasteiger partial charge on any atom is -0.507 e. The van der Waals surface area contributed by atoms with Gasteiger partial charge in [0.25, 0.3) is 0 Å². The molecule has 0 fully saturated rings. The summed E-state index contributed by atoms with van der Waals surface area (Å²) in [5.74, 6) is -0.132. The molecule has 0 aliphatic carbocycles. The lowest BCUT2D eigenvalue weighted by Gasteiger charge is -2.08. The number of nitrogen functional groups attached to an aromatic ring is 1. The van der Waals surface area contributed by atoms with Crippen molar-refractivity contribution >= 4 is 5.84 Å². The maximum Gasteiger partial charge on any atom is 0.126 e. The quantitative estimate of drug-likeness (QED) is 0.476. The summed E-state index contributed by atoms with van der Waals surface area (Å²) in [5.41, 5.74) is 6.38. The molecule has 4 nitrogen and oxygen atoms in total. The van der Waals surface area contributed by atoms with Gasteiger partial charge in [-0.3, -0.25) is 5.41 Å². The molecular formula is C9H12N2O2. The fourth-order valence-corrected chi connectivity index (χ4v) is 1.17. The first kappa shape index (κ1) is 9.54. The highest BCUT2D eigenvalue weighted by molar-refractivity contribution is 5.98. The van der Waals surface area contributed by atoms with Gasteiger partial charge < -0.3 is 15.6 Å². The van der Waals surface area contributed by atoms with E-state index in [4.69, 9.17) is 15.9 Å². The third-order valence-corrected chi connectivity index (χ3v) is 1.70. The summed E-state index contributed by atoms with van der Waals surface area (Å²) in [6, 6.07) is 4.95. The summed E-state index contributed by atoms with van der Waals surface area (Å²) in [4.78, 5) is 0. The Morgan fingerprint density at radius 1 is 1.62 bits per heavy atom. The second-order valence-electron chi connectivity index (χ2n) is 2.66. The van der Waals surface area contributed by atoms with Crippen LogP contribution in [0.4, 0.5) is 0 Å². The molecule has 0 radical (unpaired) electrons. The molecule has 0 aliphatic rings. The molecule has 70 valence electrons. The molecule has 13 heavy (non-hydrogen) atoms. The minimum absolute atomic E-state index is 0.0158. The van der Waals surface area contributed by atoms with Gasteiger partial charge in [-0.2, -0.15) is 0 Å². The van der Waals surface area contributed by atoms with Crippen molar-refractivity contribution in [2.75, 3.05) is 7.11 Å². The molecule has 0 aromatic heterocycles. The highest BCUT2D eigenvalue weighted by atomic mass is 16.5. The van der Waals surface area contributed by atoms with Gasteiger partial charge in [0, 0.05) is 7.11 Å². The molecule has 1 rings (SSSR count). The SMILES string of the molecule is COCc1cccc(O)c1C(=N)N. The predicted octanol–water partition coefficient (Wildman–Crippen LogP) is 0.823. The smallest absolute Gasteiger partial charge is 0.126 e. The number of nitrogens with one attached hydrogen (secondary N) is 1. The van der Waals surface area contributed by atoms with E-state index < -0.39 is 0 Å². The monoisotopic (exact) mass is 180 g/mol. The standard InChI is InChI=1S/C9H12N2O2/c1-13-5-6-3-2-4-7(12)8(6)9(10)11/h2-4,12H,5H2,1H3,(H3,10,11). The van der Waals surface area contributed by atoms with Crippen LogP contribution in [0.3, 0.4) is 0 Å². The topological polar surface area (TPSA) is 79.3 Å². The Morgan fingerprint density at radius 2 is 2.31 bits per heavy atom. The van der Waals surface area contributed by atoms with E-state index in [2.05, 4.69) is 0 Å². The molecule has 0 bridgehead atoms. The maximum absolute atomic E-state index is 9.41. The maximum atomic E-state index is 9.41.